The third-order valence-electron chi connectivity index (χ3n) is 0.882. The smallest absolute Gasteiger partial charge is 0.405 e. The third-order valence-corrected chi connectivity index (χ3v) is 1.13. The van der Waals surface area contributed by atoms with Crippen LogP contribution >= 0.6 is 11.6 Å². The highest BCUT2D eigenvalue weighted by Gasteiger charge is 2.16. The molecule has 5 heteroatoms. The molecule has 0 saturated heterocycles. The van der Waals surface area contributed by atoms with Crippen LogP contribution in [0.1, 0.15) is 13.3 Å². The van der Waals surface area contributed by atoms with Crippen LogP contribution in [0, 0.1) is 0 Å². The lowest BCUT2D eigenvalue weighted by atomic mass is 10.3. The minimum atomic E-state index is -0.985. The zero-order valence-corrected chi connectivity index (χ0v) is 6.22. The van der Waals surface area contributed by atoms with Gasteiger partial charge in [0.2, 0.25) is 0 Å². The summed E-state index contributed by atoms with van der Waals surface area (Å²) in [6, 6.07) is 0. The Labute approximate surface area is 63.3 Å². The van der Waals surface area contributed by atoms with Gasteiger partial charge in [-0.15, -0.1) is 0 Å². The van der Waals surface area contributed by atoms with Crippen molar-refractivity contribution in [2.75, 3.05) is 0 Å². The van der Waals surface area contributed by atoms with Crippen LogP contribution in [0.4, 0.5) is 4.79 Å². The molecule has 0 aromatic carbocycles. The Balaban J connectivity index is 3.83. The quantitative estimate of drug-likeness (QED) is 0.624. The van der Waals surface area contributed by atoms with Gasteiger partial charge in [0.05, 0.1) is 0 Å². The Morgan fingerprint density at radius 3 is 2.30 bits per heavy atom. The lowest BCUT2D eigenvalue weighted by Gasteiger charge is -2.07. The summed E-state index contributed by atoms with van der Waals surface area (Å²) in [5.74, 6) is 0. The first-order valence-corrected chi connectivity index (χ1v) is 3.11. The second kappa shape index (κ2) is 4.11. The molecule has 0 aliphatic rings. The van der Waals surface area contributed by atoms with Gasteiger partial charge >= 0.3 is 6.09 Å². The van der Waals surface area contributed by atoms with Gasteiger partial charge in [0.1, 0.15) is 0 Å². The van der Waals surface area contributed by atoms with E-state index in [9.17, 15) is 9.59 Å². The fourth-order valence-corrected chi connectivity index (χ4v) is 0.629. The average Bonchev–Trinajstić information content (AvgIpc) is 1.81. The Kier molecular flexibility index (Phi) is 3.79. The summed E-state index contributed by atoms with van der Waals surface area (Å²) in [6.45, 7) is 1.66. The summed E-state index contributed by atoms with van der Waals surface area (Å²) in [6.07, 6.45) is -1.55. The number of ether oxygens (including phenoxy) is 1. The zero-order chi connectivity index (χ0) is 8.15. The Morgan fingerprint density at radius 1 is 1.70 bits per heavy atom. The largest absolute Gasteiger partial charge is 0.437 e. The topological polar surface area (TPSA) is 69.4 Å². The van der Waals surface area contributed by atoms with E-state index in [2.05, 4.69) is 10.5 Å². The Bertz CT molecular complexity index is 148. The fraction of sp³-hybridized carbons (Fsp3) is 0.600. The van der Waals surface area contributed by atoms with E-state index < -0.39 is 17.4 Å². The van der Waals surface area contributed by atoms with Crippen LogP contribution in [-0.2, 0) is 9.53 Å². The molecule has 0 fully saturated rings. The fourth-order valence-electron chi connectivity index (χ4n) is 0.430. The first kappa shape index (κ1) is 9.23. The highest BCUT2D eigenvalue weighted by atomic mass is 35.5. The molecule has 2 N–H and O–H groups in total. The van der Waals surface area contributed by atoms with Crippen molar-refractivity contribution in [1.29, 1.82) is 0 Å². The van der Waals surface area contributed by atoms with E-state index in [-0.39, 0.29) is 0 Å². The molecule has 0 rings (SSSR count). The van der Waals surface area contributed by atoms with E-state index in [1.54, 1.807) is 6.92 Å². The van der Waals surface area contributed by atoms with Gasteiger partial charge in [-0.05, 0) is 18.0 Å². The SMILES string of the molecule is CC[C@@H](OC(N)=O)C(=O)Cl. The highest BCUT2D eigenvalue weighted by molar-refractivity contribution is 6.64. The van der Waals surface area contributed by atoms with Crippen molar-refractivity contribution >= 4 is 22.9 Å². The van der Waals surface area contributed by atoms with Crippen LogP contribution in [0.25, 0.3) is 0 Å². The second-order valence-electron chi connectivity index (χ2n) is 1.64. The maximum Gasteiger partial charge on any atom is 0.405 e. The van der Waals surface area contributed by atoms with Crippen LogP contribution in [0.5, 0.6) is 0 Å². The molecule has 0 spiro atoms. The Morgan fingerprint density at radius 2 is 2.20 bits per heavy atom. The standard InChI is InChI=1S/C5H8ClNO3/c1-2-3(4(6)8)10-5(7)9/h3H,2H2,1H3,(H2,7,9)/t3-/m1/s1. The van der Waals surface area contributed by atoms with Gasteiger partial charge < -0.3 is 10.5 Å². The minimum absolute atomic E-state index is 0.339. The first-order valence-electron chi connectivity index (χ1n) is 2.73. The van der Waals surface area contributed by atoms with Crippen LogP contribution < -0.4 is 5.73 Å². The van der Waals surface area contributed by atoms with Crippen LogP contribution in [0.2, 0.25) is 0 Å². The van der Waals surface area contributed by atoms with Crippen molar-refractivity contribution in [2.24, 2.45) is 5.73 Å². The molecule has 0 unspecified atom stereocenters. The van der Waals surface area contributed by atoms with Crippen molar-refractivity contribution in [3.63, 3.8) is 0 Å². The van der Waals surface area contributed by atoms with Crippen LogP contribution in [0.15, 0.2) is 0 Å². The molecule has 0 radical (unpaired) electrons. The van der Waals surface area contributed by atoms with Crippen molar-refractivity contribution < 1.29 is 14.3 Å². The zero-order valence-electron chi connectivity index (χ0n) is 5.46. The number of halogens is 1. The second-order valence-corrected chi connectivity index (χ2v) is 2.01. The van der Waals surface area contributed by atoms with Crippen molar-refractivity contribution in [3.05, 3.63) is 0 Å². The molecule has 1 amide bonds. The van der Waals surface area contributed by atoms with Gasteiger partial charge in [-0.1, -0.05) is 6.92 Å². The molecular formula is C5H8ClNO3. The number of carbonyl (C=O) groups excluding carboxylic acids is 2. The maximum atomic E-state index is 10.3. The van der Waals surface area contributed by atoms with Crippen molar-refractivity contribution in [1.82, 2.24) is 0 Å². The van der Waals surface area contributed by atoms with E-state index in [1.165, 1.54) is 0 Å². The van der Waals surface area contributed by atoms with Crippen molar-refractivity contribution in [3.8, 4) is 0 Å². The molecule has 0 aromatic rings. The van der Waals surface area contributed by atoms with E-state index >= 15 is 0 Å². The van der Waals surface area contributed by atoms with E-state index in [0.717, 1.165) is 0 Å². The highest BCUT2D eigenvalue weighted by Crippen LogP contribution is 2.01. The number of carbonyl (C=O) groups is 2. The molecule has 0 aromatic heterocycles. The molecule has 0 bridgehead atoms. The predicted molar refractivity (Wildman–Crippen MR) is 35.6 cm³/mol. The minimum Gasteiger partial charge on any atom is -0.437 e. The number of amides is 1. The maximum absolute atomic E-state index is 10.3. The number of hydrogen-bond donors (Lipinski definition) is 1. The monoisotopic (exact) mass is 165 g/mol. The summed E-state index contributed by atoms with van der Waals surface area (Å²) in [5.41, 5.74) is 4.63. The van der Waals surface area contributed by atoms with E-state index in [0.29, 0.717) is 6.42 Å². The normalized spacial score (nSPS) is 12.2. The summed E-state index contributed by atoms with van der Waals surface area (Å²) in [4.78, 5) is 20.4. The number of primary amides is 1. The van der Waals surface area contributed by atoms with E-state index in [4.69, 9.17) is 11.6 Å². The van der Waals surface area contributed by atoms with Gasteiger partial charge in [-0.2, -0.15) is 0 Å². The molecule has 58 valence electrons. The lowest BCUT2D eigenvalue weighted by Crippen LogP contribution is -2.26. The number of nitrogens with two attached hydrogens (primary N) is 1. The Hall–Kier alpha value is -0.770. The van der Waals surface area contributed by atoms with Gasteiger partial charge in [-0.3, -0.25) is 4.79 Å². The van der Waals surface area contributed by atoms with Gasteiger partial charge in [0, 0.05) is 0 Å². The molecule has 1 atom stereocenters. The van der Waals surface area contributed by atoms with Gasteiger partial charge in [-0.25, -0.2) is 4.79 Å². The molecule has 0 aliphatic carbocycles. The summed E-state index contributed by atoms with van der Waals surface area (Å²) < 4.78 is 4.32. The molecule has 10 heavy (non-hydrogen) atoms. The summed E-state index contributed by atoms with van der Waals surface area (Å²) in [7, 11) is 0. The number of rotatable bonds is 3. The molecule has 0 saturated carbocycles. The number of hydrogen-bond acceptors (Lipinski definition) is 3. The lowest BCUT2D eigenvalue weighted by molar-refractivity contribution is -0.119. The van der Waals surface area contributed by atoms with Crippen LogP contribution in [0.3, 0.4) is 0 Å². The van der Waals surface area contributed by atoms with Gasteiger partial charge in [0.15, 0.2) is 6.10 Å². The molecule has 0 heterocycles. The molecular weight excluding hydrogens is 158 g/mol. The molecule has 4 nitrogen and oxygen atoms in total. The van der Waals surface area contributed by atoms with Crippen molar-refractivity contribution in [2.45, 2.75) is 19.4 Å². The van der Waals surface area contributed by atoms with Crippen LogP contribution in [-0.4, -0.2) is 17.4 Å². The predicted octanol–water partition coefficient (Wildman–Crippen LogP) is 0.626. The van der Waals surface area contributed by atoms with E-state index in [1.807, 2.05) is 0 Å². The van der Waals surface area contributed by atoms with Gasteiger partial charge in [0.25, 0.3) is 5.24 Å². The summed E-state index contributed by atoms with van der Waals surface area (Å²) >= 11 is 5.02. The average molecular weight is 166 g/mol. The third kappa shape index (κ3) is 3.29. The molecule has 0 aliphatic heterocycles. The first-order chi connectivity index (χ1) is 4.57. The summed E-state index contributed by atoms with van der Waals surface area (Å²) in [5, 5.41) is -0.707.